The van der Waals surface area contributed by atoms with E-state index in [1.54, 1.807) is 7.05 Å². The molecule has 0 spiro atoms. The number of nitrogens with one attached hydrogen (secondary N) is 1. The number of likely N-dealkylation sites (tertiary alicyclic amines) is 1. The molecule has 2 rings (SSSR count). The lowest BCUT2D eigenvalue weighted by molar-refractivity contribution is -0.126. The van der Waals surface area contributed by atoms with Crippen LogP contribution >= 0.6 is 0 Å². The summed E-state index contributed by atoms with van der Waals surface area (Å²) in [6, 6.07) is 7.86. The van der Waals surface area contributed by atoms with E-state index in [-0.39, 0.29) is 11.8 Å². The van der Waals surface area contributed by atoms with E-state index in [0.717, 1.165) is 43.8 Å². The maximum absolute atomic E-state index is 11.7. The molecular weight excluding hydrogens is 266 g/mol. The molecule has 1 saturated heterocycles. The third kappa shape index (κ3) is 4.44. The van der Waals surface area contributed by atoms with Crippen LogP contribution in [0.1, 0.15) is 18.4 Å². The molecule has 3 N–H and O–H groups in total. The predicted octanol–water partition coefficient (Wildman–Crippen LogP) is 0.982. The van der Waals surface area contributed by atoms with Crippen molar-refractivity contribution in [3.05, 3.63) is 29.8 Å². The molecule has 0 aliphatic carbocycles. The summed E-state index contributed by atoms with van der Waals surface area (Å²) < 4.78 is 5.83. The topological polar surface area (TPSA) is 67.6 Å². The van der Waals surface area contributed by atoms with E-state index < -0.39 is 0 Å². The lowest BCUT2D eigenvalue weighted by atomic mass is 9.97. The summed E-state index contributed by atoms with van der Waals surface area (Å²) in [5, 5.41) is 2.74. The lowest BCUT2D eigenvalue weighted by Crippen LogP contribution is -2.43. The Morgan fingerprint density at radius 1 is 1.48 bits per heavy atom. The number of hydrogen-bond donors (Lipinski definition) is 2. The molecular formula is C16H25N3O2. The fraction of sp³-hybridized carbons (Fsp3) is 0.562. The number of nitrogens with zero attached hydrogens (tertiary/aromatic N) is 1. The first-order valence-electron chi connectivity index (χ1n) is 7.59. The highest BCUT2D eigenvalue weighted by atomic mass is 16.5. The molecule has 0 radical (unpaired) electrons. The van der Waals surface area contributed by atoms with Gasteiger partial charge in [-0.05, 0) is 25.5 Å². The Kier molecular flexibility index (Phi) is 6.02. The maximum atomic E-state index is 11.7. The number of rotatable bonds is 6. The van der Waals surface area contributed by atoms with Gasteiger partial charge in [0.1, 0.15) is 12.4 Å². The summed E-state index contributed by atoms with van der Waals surface area (Å²) in [5.41, 5.74) is 6.72. The second kappa shape index (κ2) is 8.00. The van der Waals surface area contributed by atoms with Gasteiger partial charge >= 0.3 is 0 Å². The van der Waals surface area contributed by atoms with Crippen LogP contribution in [0.2, 0.25) is 0 Å². The van der Waals surface area contributed by atoms with Crippen molar-refractivity contribution in [1.82, 2.24) is 10.2 Å². The van der Waals surface area contributed by atoms with Crippen LogP contribution in [0.15, 0.2) is 24.3 Å². The number of benzene rings is 1. The van der Waals surface area contributed by atoms with Crippen LogP contribution in [0, 0.1) is 5.92 Å². The van der Waals surface area contributed by atoms with Crippen molar-refractivity contribution in [3.63, 3.8) is 0 Å². The largest absolute Gasteiger partial charge is 0.492 e. The summed E-state index contributed by atoms with van der Waals surface area (Å²) in [4.78, 5) is 14.0. The molecule has 1 amide bonds. The molecule has 116 valence electrons. The van der Waals surface area contributed by atoms with Crippen LogP contribution in [0.4, 0.5) is 0 Å². The Balaban J connectivity index is 1.79. The van der Waals surface area contributed by atoms with Crippen molar-refractivity contribution in [3.8, 4) is 5.75 Å². The van der Waals surface area contributed by atoms with Crippen molar-refractivity contribution in [1.29, 1.82) is 0 Å². The minimum atomic E-state index is 0.111. The van der Waals surface area contributed by atoms with Crippen molar-refractivity contribution in [2.75, 3.05) is 33.3 Å². The molecule has 1 aliphatic rings. The number of amides is 1. The molecule has 0 bridgehead atoms. The standard InChI is InChI=1S/C16H25N3O2/c1-18-16(20)14-6-4-8-19(12-14)9-10-21-15-7-3-2-5-13(15)11-17/h2-3,5,7,14H,4,6,8-12,17H2,1H3,(H,18,20). The smallest absolute Gasteiger partial charge is 0.224 e. The van der Waals surface area contributed by atoms with Gasteiger partial charge in [0, 0.05) is 32.2 Å². The van der Waals surface area contributed by atoms with E-state index in [2.05, 4.69) is 10.2 Å². The van der Waals surface area contributed by atoms with E-state index in [4.69, 9.17) is 10.5 Å². The summed E-state index contributed by atoms with van der Waals surface area (Å²) in [5.74, 6) is 1.12. The quantitative estimate of drug-likeness (QED) is 0.820. The molecule has 0 aromatic heterocycles. The zero-order valence-corrected chi connectivity index (χ0v) is 12.7. The molecule has 1 aliphatic heterocycles. The van der Waals surface area contributed by atoms with E-state index >= 15 is 0 Å². The first-order chi connectivity index (χ1) is 10.2. The van der Waals surface area contributed by atoms with E-state index in [1.165, 1.54) is 0 Å². The summed E-state index contributed by atoms with van der Waals surface area (Å²) in [6.45, 7) is 3.81. The van der Waals surface area contributed by atoms with Crippen molar-refractivity contribution in [2.24, 2.45) is 11.7 Å². The molecule has 1 fully saturated rings. The normalized spacial score (nSPS) is 19.2. The van der Waals surface area contributed by atoms with Crippen molar-refractivity contribution >= 4 is 5.91 Å². The summed E-state index contributed by atoms with van der Waals surface area (Å²) in [6.07, 6.45) is 2.05. The molecule has 0 saturated carbocycles. The van der Waals surface area contributed by atoms with Gasteiger partial charge in [-0.25, -0.2) is 0 Å². The second-order valence-corrected chi connectivity index (χ2v) is 5.41. The highest BCUT2D eigenvalue weighted by Crippen LogP contribution is 2.18. The zero-order valence-electron chi connectivity index (χ0n) is 12.7. The van der Waals surface area contributed by atoms with Gasteiger partial charge in [0.05, 0.1) is 5.92 Å². The third-order valence-electron chi connectivity index (χ3n) is 3.98. The van der Waals surface area contributed by atoms with Gasteiger partial charge < -0.3 is 15.8 Å². The van der Waals surface area contributed by atoms with Crippen LogP contribution in [0.3, 0.4) is 0 Å². The number of para-hydroxylation sites is 1. The predicted molar refractivity (Wildman–Crippen MR) is 83.1 cm³/mol. The molecule has 21 heavy (non-hydrogen) atoms. The third-order valence-corrected chi connectivity index (χ3v) is 3.98. The molecule has 1 aromatic carbocycles. The second-order valence-electron chi connectivity index (χ2n) is 5.41. The fourth-order valence-corrected chi connectivity index (χ4v) is 2.77. The van der Waals surface area contributed by atoms with Gasteiger partial charge in [-0.3, -0.25) is 9.69 Å². The Bertz CT molecular complexity index is 465. The number of carbonyl (C=O) groups excluding carboxylic acids is 1. The first kappa shape index (κ1) is 15.8. The van der Waals surface area contributed by atoms with Crippen LogP contribution < -0.4 is 15.8 Å². The van der Waals surface area contributed by atoms with Gasteiger partial charge in [0.15, 0.2) is 0 Å². The van der Waals surface area contributed by atoms with E-state index in [9.17, 15) is 4.79 Å². The average Bonchev–Trinajstić information content (AvgIpc) is 2.55. The first-order valence-corrected chi connectivity index (χ1v) is 7.59. The van der Waals surface area contributed by atoms with Crippen molar-refractivity contribution < 1.29 is 9.53 Å². The Labute approximate surface area is 126 Å². The van der Waals surface area contributed by atoms with Crippen LogP contribution in [0.25, 0.3) is 0 Å². The monoisotopic (exact) mass is 291 g/mol. The Morgan fingerprint density at radius 2 is 2.29 bits per heavy atom. The summed E-state index contributed by atoms with van der Waals surface area (Å²) >= 11 is 0. The van der Waals surface area contributed by atoms with Crippen LogP contribution in [-0.4, -0.2) is 44.1 Å². The van der Waals surface area contributed by atoms with Gasteiger partial charge in [0.25, 0.3) is 0 Å². The highest BCUT2D eigenvalue weighted by molar-refractivity contribution is 5.78. The molecule has 1 unspecified atom stereocenters. The molecule has 1 heterocycles. The van der Waals surface area contributed by atoms with Crippen molar-refractivity contribution in [2.45, 2.75) is 19.4 Å². The lowest BCUT2D eigenvalue weighted by Gasteiger charge is -2.31. The Morgan fingerprint density at radius 3 is 3.05 bits per heavy atom. The minimum Gasteiger partial charge on any atom is -0.492 e. The molecule has 1 atom stereocenters. The van der Waals surface area contributed by atoms with Gasteiger partial charge in [-0.2, -0.15) is 0 Å². The number of nitrogens with two attached hydrogens (primary N) is 1. The average molecular weight is 291 g/mol. The molecule has 1 aromatic rings. The van der Waals surface area contributed by atoms with E-state index in [1.807, 2.05) is 24.3 Å². The van der Waals surface area contributed by atoms with E-state index in [0.29, 0.717) is 13.2 Å². The number of ether oxygens (including phenoxy) is 1. The zero-order chi connectivity index (χ0) is 15.1. The summed E-state index contributed by atoms with van der Waals surface area (Å²) in [7, 11) is 1.70. The minimum absolute atomic E-state index is 0.111. The van der Waals surface area contributed by atoms with Gasteiger partial charge in [-0.15, -0.1) is 0 Å². The maximum Gasteiger partial charge on any atom is 0.224 e. The molecule has 5 nitrogen and oxygen atoms in total. The highest BCUT2D eigenvalue weighted by Gasteiger charge is 2.24. The fourth-order valence-electron chi connectivity index (χ4n) is 2.77. The number of piperidine rings is 1. The van der Waals surface area contributed by atoms with Crippen LogP contribution in [-0.2, 0) is 11.3 Å². The molecule has 5 heteroatoms. The van der Waals surface area contributed by atoms with Gasteiger partial charge in [-0.1, -0.05) is 18.2 Å². The van der Waals surface area contributed by atoms with Crippen LogP contribution in [0.5, 0.6) is 5.75 Å². The number of hydrogen-bond acceptors (Lipinski definition) is 4. The number of carbonyl (C=O) groups is 1. The Hall–Kier alpha value is -1.59. The SMILES string of the molecule is CNC(=O)C1CCCN(CCOc2ccccc2CN)C1. The van der Waals surface area contributed by atoms with Gasteiger partial charge in [0.2, 0.25) is 5.91 Å².